The summed E-state index contributed by atoms with van der Waals surface area (Å²) in [5.74, 6) is -0.438. The Morgan fingerprint density at radius 2 is 2.10 bits per heavy atom. The van der Waals surface area contributed by atoms with E-state index in [2.05, 4.69) is 10.3 Å². The van der Waals surface area contributed by atoms with Gasteiger partial charge in [0.1, 0.15) is 5.75 Å². The van der Waals surface area contributed by atoms with Crippen molar-refractivity contribution in [2.45, 2.75) is 13.3 Å². The number of carbonyl (C=O) groups excluding carboxylic acids is 2. The minimum absolute atomic E-state index is 0.197. The van der Waals surface area contributed by atoms with E-state index in [1.807, 2.05) is 0 Å². The van der Waals surface area contributed by atoms with Gasteiger partial charge in [0, 0.05) is 24.5 Å². The van der Waals surface area contributed by atoms with Crippen LogP contribution in [-0.4, -0.2) is 24.4 Å². The molecule has 5 N–H and O–H groups in total. The van der Waals surface area contributed by atoms with Crippen LogP contribution >= 0.6 is 0 Å². The largest absolute Gasteiger partial charge is 0.490 e. The SMILES string of the molecule is CC(=O)Nc1cccc2c1OCCC(C(=O)N=C(N)N)=C2. The molecule has 0 aromatic heterocycles. The third-order valence-corrected chi connectivity index (χ3v) is 2.81. The van der Waals surface area contributed by atoms with Crippen molar-refractivity contribution in [1.29, 1.82) is 0 Å². The van der Waals surface area contributed by atoms with Gasteiger partial charge in [-0.15, -0.1) is 0 Å². The summed E-state index contributed by atoms with van der Waals surface area (Å²) in [6.07, 6.45) is 2.05. The number of hydrogen-bond donors (Lipinski definition) is 3. The van der Waals surface area contributed by atoms with Crippen LogP contribution in [0, 0.1) is 0 Å². The Morgan fingerprint density at radius 3 is 2.76 bits per heavy atom. The van der Waals surface area contributed by atoms with Crippen LogP contribution in [-0.2, 0) is 9.59 Å². The summed E-state index contributed by atoms with van der Waals surface area (Å²) in [6.45, 7) is 1.71. The predicted molar refractivity (Wildman–Crippen MR) is 79.7 cm³/mol. The van der Waals surface area contributed by atoms with E-state index >= 15 is 0 Å². The predicted octanol–water partition coefficient (Wildman–Crippen LogP) is 0.611. The lowest BCUT2D eigenvalue weighted by Crippen LogP contribution is -2.24. The molecule has 0 saturated heterocycles. The van der Waals surface area contributed by atoms with Crippen molar-refractivity contribution in [3.8, 4) is 5.75 Å². The Kier molecular flexibility index (Phi) is 4.22. The maximum Gasteiger partial charge on any atom is 0.276 e. The second kappa shape index (κ2) is 6.08. The van der Waals surface area contributed by atoms with Crippen LogP contribution in [0.1, 0.15) is 18.9 Å². The second-order valence-electron chi connectivity index (χ2n) is 4.51. The molecule has 0 aliphatic carbocycles. The number of rotatable bonds is 2. The Balaban J connectivity index is 2.40. The number of anilines is 1. The van der Waals surface area contributed by atoms with Crippen molar-refractivity contribution in [2.75, 3.05) is 11.9 Å². The molecule has 0 radical (unpaired) electrons. The van der Waals surface area contributed by atoms with Gasteiger partial charge < -0.3 is 21.5 Å². The molecule has 7 nitrogen and oxygen atoms in total. The molecule has 2 amide bonds. The third kappa shape index (κ3) is 3.59. The highest BCUT2D eigenvalue weighted by Crippen LogP contribution is 2.33. The van der Waals surface area contributed by atoms with Gasteiger partial charge in [0.2, 0.25) is 5.91 Å². The first-order valence-electron chi connectivity index (χ1n) is 6.35. The van der Waals surface area contributed by atoms with E-state index < -0.39 is 5.91 Å². The summed E-state index contributed by atoms with van der Waals surface area (Å²) in [4.78, 5) is 26.6. The zero-order valence-electron chi connectivity index (χ0n) is 11.6. The minimum Gasteiger partial charge on any atom is -0.490 e. The molecule has 0 bridgehead atoms. The van der Waals surface area contributed by atoms with Gasteiger partial charge in [0.05, 0.1) is 12.3 Å². The van der Waals surface area contributed by atoms with Crippen LogP contribution in [0.3, 0.4) is 0 Å². The Morgan fingerprint density at radius 1 is 1.33 bits per heavy atom. The average molecular weight is 288 g/mol. The highest BCUT2D eigenvalue weighted by molar-refractivity contribution is 6.04. The summed E-state index contributed by atoms with van der Waals surface area (Å²) in [5.41, 5.74) is 12.1. The van der Waals surface area contributed by atoms with Crippen molar-refractivity contribution >= 4 is 29.5 Å². The number of para-hydroxylation sites is 1. The molecule has 0 atom stereocenters. The van der Waals surface area contributed by atoms with Crippen LogP contribution < -0.4 is 21.5 Å². The number of nitrogens with two attached hydrogens (primary N) is 2. The lowest BCUT2D eigenvalue weighted by molar-refractivity contribution is -0.115. The van der Waals surface area contributed by atoms with E-state index in [-0.39, 0.29) is 11.9 Å². The number of fused-ring (bicyclic) bond motifs is 1. The number of benzene rings is 1. The molecule has 0 unspecified atom stereocenters. The summed E-state index contributed by atoms with van der Waals surface area (Å²) >= 11 is 0. The molecular weight excluding hydrogens is 272 g/mol. The van der Waals surface area contributed by atoms with Crippen molar-refractivity contribution in [1.82, 2.24) is 0 Å². The number of amides is 2. The lowest BCUT2D eigenvalue weighted by Gasteiger charge is -2.12. The molecule has 1 aliphatic rings. The highest BCUT2D eigenvalue weighted by Gasteiger charge is 2.17. The smallest absolute Gasteiger partial charge is 0.276 e. The molecule has 0 spiro atoms. The molecule has 21 heavy (non-hydrogen) atoms. The van der Waals surface area contributed by atoms with Crippen molar-refractivity contribution in [3.63, 3.8) is 0 Å². The standard InChI is InChI=1S/C14H16N4O3/c1-8(19)17-11-4-2-3-9-7-10(5-6-21-12(9)11)13(20)18-14(15)16/h2-4,7H,5-6H2,1H3,(H,17,19)(H4,15,16,18,20). The van der Waals surface area contributed by atoms with Crippen LogP contribution in [0.25, 0.3) is 6.08 Å². The Hall–Kier alpha value is -2.83. The van der Waals surface area contributed by atoms with Gasteiger partial charge >= 0.3 is 0 Å². The maximum atomic E-state index is 11.9. The molecular formula is C14H16N4O3. The summed E-state index contributed by atoms with van der Waals surface area (Å²) in [6, 6.07) is 5.28. The fraction of sp³-hybridized carbons (Fsp3) is 0.214. The molecule has 0 saturated carbocycles. The van der Waals surface area contributed by atoms with Gasteiger partial charge in [0.15, 0.2) is 5.96 Å². The van der Waals surface area contributed by atoms with E-state index in [1.54, 1.807) is 24.3 Å². The van der Waals surface area contributed by atoms with E-state index in [1.165, 1.54) is 6.92 Å². The minimum atomic E-state index is -0.489. The summed E-state index contributed by atoms with van der Waals surface area (Å²) < 4.78 is 5.64. The van der Waals surface area contributed by atoms with Gasteiger partial charge in [-0.25, -0.2) is 0 Å². The van der Waals surface area contributed by atoms with E-state index in [0.717, 1.165) is 0 Å². The summed E-state index contributed by atoms with van der Waals surface area (Å²) in [7, 11) is 0. The first-order chi connectivity index (χ1) is 9.97. The zero-order valence-corrected chi connectivity index (χ0v) is 11.6. The number of ether oxygens (including phenoxy) is 1. The molecule has 1 heterocycles. The van der Waals surface area contributed by atoms with Crippen molar-refractivity contribution in [2.24, 2.45) is 16.5 Å². The third-order valence-electron chi connectivity index (χ3n) is 2.81. The van der Waals surface area contributed by atoms with Gasteiger partial charge in [-0.05, 0) is 12.1 Å². The molecule has 7 heteroatoms. The van der Waals surface area contributed by atoms with E-state index in [0.29, 0.717) is 35.6 Å². The first kappa shape index (κ1) is 14.6. The molecule has 0 fully saturated rings. The van der Waals surface area contributed by atoms with Crippen molar-refractivity contribution < 1.29 is 14.3 Å². The number of nitrogens with one attached hydrogen (secondary N) is 1. The van der Waals surface area contributed by atoms with Gasteiger partial charge in [0.25, 0.3) is 5.91 Å². The number of hydrogen-bond acceptors (Lipinski definition) is 3. The van der Waals surface area contributed by atoms with E-state index in [4.69, 9.17) is 16.2 Å². The fourth-order valence-electron chi connectivity index (χ4n) is 2.00. The lowest BCUT2D eigenvalue weighted by atomic mass is 10.1. The summed E-state index contributed by atoms with van der Waals surface area (Å²) in [5, 5.41) is 2.69. The van der Waals surface area contributed by atoms with Gasteiger partial charge in [-0.3, -0.25) is 9.59 Å². The number of nitrogens with zero attached hydrogens (tertiary/aromatic N) is 1. The van der Waals surface area contributed by atoms with E-state index in [9.17, 15) is 9.59 Å². The zero-order chi connectivity index (χ0) is 15.4. The van der Waals surface area contributed by atoms with Crippen LogP contribution in [0.4, 0.5) is 5.69 Å². The second-order valence-corrected chi connectivity index (χ2v) is 4.51. The first-order valence-corrected chi connectivity index (χ1v) is 6.35. The highest BCUT2D eigenvalue weighted by atomic mass is 16.5. The number of guanidine groups is 1. The van der Waals surface area contributed by atoms with Crippen molar-refractivity contribution in [3.05, 3.63) is 29.3 Å². The van der Waals surface area contributed by atoms with Crippen LogP contribution in [0.2, 0.25) is 0 Å². The van der Waals surface area contributed by atoms with Gasteiger partial charge in [-0.2, -0.15) is 4.99 Å². The quantitative estimate of drug-likeness (QED) is 0.544. The average Bonchev–Trinajstić information content (AvgIpc) is 2.60. The van der Waals surface area contributed by atoms with Crippen LogP contribution in [0.15, 0.2) is 28.8 Å². The molecule has 1 aromatic carbocycles. The number of carbonyl (C=O) groups is 2. The van der Waals surface area contributed by atoms with Gasteiger partial charge in [-0.1, -0.05) is 12.1 Å². The Labute approximate surface area is 121 Å². The molecule has 1 aromatic rings. The maximum absolute atomic E-state index is 11.9. The molecule has 2 rings (SSSR count). The van der Waals surface area contributed by atoms with Crippen LogP contribution in [0.5, 0.6) is 5.75 Å². The fourth-order valence-corrected chi connectivity index (χ4v) is 2.00. The molecule has 110 valence electrons. The Bertz CT molecular complexity index is 646. The topological polar surface area (TPSA) is 120 Å². The number of aliphatic imine (C=N–C) groups is 1. The monoisotopic (exact) mass is 288 g/mol. The normalized spacial score (nSPS) is 13.1. The molecule has 1 aliphatic heterocycles.